The van der Waals surface area contributed by atoms with Crippen LogP contribution in [-0.2, 0) is 0 Å². The van der Waals surface area contributed by atoms with E-state index in [4.69, 9.17) is 0 Å². The summed E-state index contributed by atoms with van der Waals surface area (Å²) in [5.74, 6) is 0.305. The van der Waals surface area contributed by atoms with Crippen LogP contribution >= 0.6 is 11.8 Å². The molecule has 0 saturated carbocycles. The first-order chi connectivity index (χ1) is 10.8. The minimum absolute atomic E-state index is 0.0269. The minimum atomic E-state index is -0.579. The monoisotopic (exact) mass is 309 g/mol. The summed E-state index contributed by atoms with van der Waals surface area (Å²) in [6.45, 7) is 0.868. The zero-order valence-electron chi connectivity index (χ0n) is 11.9. The number of hydrogen-bond donors (Lipinski definition) is 0. The lowest BCUT2D eigenvalue weighted by Crippen LogP contribution is -2.39. The van der Waals surface area contributed by atoms with Crippen LogP contribution in [0.3, 0.4) is 0 Å². The van der Waals surface area contributed by atoms with Gasteiger partial charge in [-0.1, -0.05) is 42.5 Å². The predicted octanol–water partition coefficient (Wildman–Crippen LogP) is 3.26. The maximum Gasteiger partial charge on any atom is 0.177 e. The summed E-state index contributed by atoms with van der Waals surface area (Å²) in [6, 6.07) is 17.2. The molecule has 1 heterocycles. The van der Waals surface area contributed by atoms with Crippen molar-refractivity contribution in [3.8, 4) is 0 Å². The second-order valence-electron chi connectivity index (χ2n) is 5.54. The lowest BCUT2D eigenvalue weighted by atomic mass is 10.0. The van der Waals surface area contributed by atoms with Crippen molar-refractivity contribution in [3.63, 3.8) is 0 Å². The highest BCUT2D eigenvalue weighted by atomic mass is 32.2. The number of thioether (sulfide) groups is 1. The number of anilines is 1. The zero-order chi connectivity index (χ0) is 15.1. The van der Waals surface area contributed by atoms with Gasteiger partial charge in [-0.3, -0.25) is 9.59 Å². The summed E-state index contributed by atoms with van der Waals surface area (Å²) in [5, 5.41) is -0.102. The smallest absolute Gasteiger partial charge is 0.177 e. The van der Waals surface area contributed by atoms with Crippen molar-refractivity contribution in [2.45, 2.75) is 5.37 Å². The van der Waals surface area contributed by atoms with Crippen molar-refractivity contribution in [2.75, 3.05) is 17.2 Å². The number of carbonyl (C=O) groups is 2. The van der Waals surface area contributed by atoms with Crippen LogP contribution in [0.5, 0.6) is 0 Å². The van der Waals surface area contributed by atoms with Gasteiger partial charge in [0.1, 0.15) is 5.92 Å². The molecule has 0 bridgehead atoms. The van der Waals surface area contributed by atoms with Gasteiger partial charge < -0.3 is 4.90 Å². The fourth-order valence-electron chi connectivity index (χ4n) is 3.29. The summed E-state index contributed by atoms with van der Waals surface area (Å²) in [7, 11) is 0. The summed E-state index contributed by atoms with van der Waals surface area (Å²) in [4.78, 5) is 27.6. The Balaban J connectivity index is 1.71. The maximum atomic E-state index is 12.7. The van der Waals surface area contributed by atoms with Crippen molar-refractivity contribution in [2.24, 2.45) is 5.92 Å². The van der Waals surface area contributed by atoms with E-state index in [1.807, 2.05) is 42.5 Å². The highest BCUT2D eigenvalue weighted by Crippen LogP contribution is 2.40. The van der Waals surface area contributed by atoms with E-state index in [0.717, 1.165) is 18.0 Å². The van der Waals surface area contributed by atoms with Gasteiger partial charge in [-0.25, -0.2) is 0 Å². The third kappa shape index (κ3) is 1.98. The normalized spacial score (nSPS) is 21.5. The molecule has 2 aliphatic rings. The van der Waals surface area contributed by atoms with Crippen molar-refractivity contribution < 1.29 is 9.59 Å². The van der Waals surface area contributed by atoms with Crippen LogP contribution in [-0.4, -0.2) is 29.2 Å². The minimum Gasteiger partial charge on any atom is -0.357 e. The van der Waals surface area contributed by atoms with Crippen molar-refractivity contribution in [3.05, 3.63) is 65.7 Å². The fraction of sp³-hybridized carbons (Fsp3) is 0.222. The van der Waals surface area contributed by atoms with Crippen LogP contribution in [0, 0.1) is 5.92 Å². The molecular weight excluding hydrogens is 294 g/mol. The first-order valence-corrected chi connectivity index (χ1v) is 8.43. The Bertz CT molecular complexity index is 709. The van der Waals surface area contributed by atoms with Gasteiger partial charge in [-0.05, 0) is 12.1 Å². The lowest BCUT2D eigenvalue weighted by Gasteiger charge is -2.28. The Kier molecular flexibility index (Phi) is 3.26. The van der Waals surface area contributed by atoms with E-state index in [0.29, 0.717) is 11.1 Å². The van der Waals surface area contributed by atoms with Gasteiger partial charge in [0.25, 0.3) is 0 Å². The van der Waals surface area contributed by atoms with E-state index in [1.165, 1.54) is 0 Å². The standard InChI is InChI=1S/C18H15NO2S/c20-16-13-8-4-5-9-14(13)17(21)15(16)18-19(10-11-22-18)12-6-2-1-3-7-12/h1-9,15,18H,10-11H2. The predicted molar refractivity (Wildman–Crippen MR) is 88.6 cm³/mol. The summed E-state index contributed by atoms with van der Waals surface area (Å²) >= 11 is 1.70. The molecule has 0 N–H and O–H groups in total. The van der Waals surface area contributed by atoms with E-state index in [-0.39, 0.29) is 16.9 Å². The first-order valence-electron chi connectivity index (χ1n) is 7.38. The third-order valence-electron chi connectivity index (χ3n) is 4.32. The number of hydrogen-bond acceptors (Lipinski definition) is 4. The quantitative estimate of drug-likeness (QED) is 0.798. The van der Waals surface area contributed by atoms with Gasteiger partial charge in [0, 0.05) is 29.1 Å². The summed E-state index contributed by atoms with van der Waals surface area (Å²) in [6.07, 6.45) is 0. The molecule has 2 aromatic carbocycles. The van der Waals surface area contributed by atoms with Gasteiger partial charge in [-0.15, -0.1) is 11.8 Å². The molecular formula is C18H15NO2S. The molecule has 1 fully saturated rings. The van der Waals surface area contributed by atoms with Crippen LogP contribution in [0.15, 0.2) is 54.6 Å². The van der Waals surface area contributed by atoms with Crippen molar-refractivity contribution in [1.82, 2.24) is 0 Å². The number of para-hydroxylation sites is 1. The highest BCUT2D eigenvalue weighted by Gasteiger charge is 2.47. The topological polar surface area (TPSA) is 37.4 Å². The molecule has 4 rings (SSSR count). The molecule has 3 nitrogen and oxygen atoms in total. The number of rotatable bonds is 2. The second kappa shape index (κ2) is 5.29. The molecule has 4 heteroatoms. The lowest BCUT2D eigenvalue weighted by molar-refractivity contribution is 0.0837. The van der Waals surface area contributed by atoms with Crippen LogP contribution < -0.4 is 4.90 Å². The number of carbonyl (C=O) groups excluding carboxylic acids is 2. The van der Waals surface area contributed by atoms with E-state index >= 15 is 0 Å². The molecule has 0 amide bonds. The molecule has 1 unspecified atom stereocenters. The Morgan fingerprint density at radius 1 is 0.864 bits per heavy atom. The van der Waals surface area contributed by atoms with Crippen LogP contribution in [0.1, 0.15) is 20.7 Å². The highest BCUT2D eigenvalue weighted by molar-refractivity contribution is 8.00. The van der Waals surface area contributed by atoms with E-state index < -0.39 is 5.92 Å². The van der Waals surface area contributed by atoms with Crippen LogP contribution in [0.4, 0.5) is 5.69 Å². The Morgan fingerprint density at radius 2 is 1.45 bits per heavy atom. The molecule has 0 spiro atoms. The number of nitrogens with zero attached hydrogens (tertiary/aromatic N) is 1. The van der Waals surface area contributed by atoms with Gasteiger partial charge in [0.2, 0.25) is 0 Å². The molecule has 22 heavy (non-hydrogen) atoms. The molecule has 2 aromatic rings. The molecule has 1 aliphatic heterocycles. The average molecular weight is 309 g/mol. The Morgan fingerprint density at radius 3 is 2.09 bits per heavy atom. The maximum absolute atomic E-state index is 12.7. The average Bonchev–Trinajstić information content (AvgIpc) is 3.13. The van der Waals surface area contributed by atoms with E-state index in [1.54, 1.807) is 23.9 Å². The Labute approximate surface area is 133 Å². The fourth-order valence-corrected chi connectivity index (χ4v) is 4.68. The molecule has 110 valence electrons. The number of ketones is 2. The van der Waals surface area contributed by atoms with Gasteiger partial charge in [0.15, 0.2) is 11.6 Å². The van der Waals surface area contributed by atoms with Gasteiger partial charge in [-0.2, -0.15) is 0 Å². The zero-order valence-corrected chi connectivity index (χ0v) is 12.8. The van der Waals surface area contributed by atoms with Crippen molar-refractivity contribution in [1.29, 1.82) is 0 Å². The van der Waals surface area contributed by atoms with E-state index in [2.05, 4.69) is 4.90 Å². The third-order valence-corrected chi connectivity index (χ3v) is 5.61. The molecule has 0 radical (unpaired) electrons. The van der Waals surface area contributed by atoms with Gasteiger partial charge in [0.05, 0.1) is 5.37 Å². The number of fused-ring (bicyclic) bond motifs is 1. The second-order valence-corrected chi connectivity index (χ2v) is 6.77. The molecule has 0 aromatic heterocycles. The molecule has 1 atom stereocenters. The summed E-state index contributed by atoms with van der Waals surface area (Å²) < 4.78 is 0. The SMILES string of the molecule is O=C1c2ccccc2C(=O)C1C1SCCN1c1ccccc1. The largest absolute Gasteiger partial charge is 0.357 e. The van der Waals surface area contributed by atoms with E-state index in [9.17, 15) is 9.59 Å². The van der Waals surface area contributed by atoms with Gasteiger partial charge >= 0.3 is 0 Å². The van der Waals surface area contributed by atoms with Crippen LogP contribution in [0.25, 0.3) is 0 Å². The molecule has 1 saturated heterocycles. The van der Waals surface area contributed by atoms with Crippen LogP contribution in [0.2, 0.25) is 0 Å². The van der Waals surface area contributed by atoms with Crippen molar-refractivity contribution >= 4 is 29.0 Å². The number of benzene rings is 2. The number of Topliss-reactive ketones (excluding diaryl/α,β-unsaturated/α-hetero) is 2. The Hall–Kier alpha value is -2.07. The summed E-state index contributed by atoms with van der Waals surface area (Å²) in [5.41, 5.74) is 2.24. The molecule has 1 aliphatic carbocycles. The first kappa shape index (κ1) is 13.6.